The minimum absolute atomic E-state index is 0.0983. The highest BCUT2D eigenvalue weighted by atomic mass is 35.5. The van der Waals surface area contributed by atoms with Crippen LogP contribution in [0, 0.1) is 13.8 Å². The molecule has 1 aliphatic heterocycles. The lowest BCUT2D eigenvalue weighted by Gasteiger charge is -2.15. The predicted octanol–water partition coefficient (Wildman–Crippen LogP) is 3.74. The smallest absolute Gasteiger partial charge is 0.283 e. The largest absolute Gasteiger partial charge is 0.349 e. The number of para-hydroxylation sites is 1. The van der Waals surface area contributed by atoms with Crippen molar-refractivity contribution in [2.24, 2.45) is 0 Å². The van der Waals surface area contributed by atoms with Gasteiger partial charge in [0.15, 0.2) is 0 Å². The number of benzene rings is 2. The fourth-order valence-corrected chi connectivity index (χ4v) is 2.72. The van der Waals surface area contributed by atoms with Gasteiger partial charge in [0.25, 0.3) is 11.8 Å². The van der Waals surface area contributed by atoms with Gasteiger partial charge in [-0.3, -0.25) is 9.59 Å². The Balaban J connectivity index is 1.94. The maximum atomic E-state index is 12.6. The maximum absolute atomic E-state index is 12.6. The van der Waals surface area contributed by atoms with Crippen molar-refractivity contribution in [3.05, 3.63) is 70.4 Å². The Morgan fingerprint density at radius 1 is 0.957 bits per heavy atom. The second-order valence-electron chi connectivity index (χ2n) is 5.41. The first kappa shape index (κ1) is 15.3. The lowest BCUT2D eigenvalue weighted by molar-refractivity contribution is -0.120. The van der Waals surface area contributed by atoms with Crippen LogP contribution in [0.15, 0.2) is 59.3 Å². The molecular weight excluding hydrogens is 312 g/mol. The number of rotatable bonds is 3. The third-order valence-corrected chi connectivity index (χ3v) is 4.03. The zero-order valence-corrected chi connectivity index (χ0v) is 13.5. The molecule has 0 aliphatic carbocycles. The van der Waals surface area contributed by atoms with Gasteiger partial charge in [0.1, 0.15) is 10.7 Å². The number of imide groups is 1. The van der Waals surface area contributed by atoms with Crippen LogP contribution in [0.4, 0.5) is 11.4 Å². The van der Waals surface area contributed by atoms with Crippen molar-refractivity contribution in [3.8, 4) is 0 Å². The normalized spacial score (nSPS) is 14.7. The van der Waals surface area contributed by atoms with Crippen LogP contribution in [0.5, 0.6) is 0 Å². The molecule has 3 rings (SSSR count). The van der Waals surface area contributed by atoms with E-state index in [1.807, 2.05) is 38.1 Å². The second kappa shape index (κ2) is 5.89. The fourth-order valence-electron chi connectivity index (χ4n) is 2.51. The summed E-state index contributed by atoms with van der Waals surface area (Å²) in [6, 6.07) is 14.5. The van der Waals surface area contributed by atoms with Crippen LogP contribution in [0.25, 0.3) is 0 Å². The Morgan fingerprint density at radius 2 is 1.65 bits per heavy atom. The molecule has 1 heterocycles. The Morgan fingerprint density at radius 3 is 2.30 bits per heavy atom. The number of hydrogen-bond acceptors (Lipinski definition) is 3. The summed E-state index contributed by atoms with van der Waals surface area (Å²) in [5, 5.41) is 2.90. The highest BCUT2D eigenvalue weighted by Crippen LogP contribution is 2.30. The Kier molecular flexibility index (Phi) is 3.92. The highest BCUT2D eigenvalue weighted by Gasteiger charge is 2.38. The van der Waals surface area contributed by atoms with Crippen molar-refractivity contribution in [1.29, 1.82) is 0 Å². The summed E-state index contributed by atoms with van der Waals surface area (Å²) in [6.07, 6.45) is 0. The summed E-state index contributed by atoms with van der Waals surface area (Å²) < 4.78 is 0. The first-order valence-corrected chi connectivity index (χ1v) is 7.54. The first-order valence-electron chi connectivity index (χ1n) is 7.17. The molecule has 116 valence electrons. The number of halogens is 1. The molecule has 0 radical (unpaired) electrons. The van der Waals surface area contributed by atoms with Crippen molar-refractivity contribution in [2.45, 2.75) is 13.8 Å². The molecule has 5 heteroatoms. The predicted molar refractivity (Wildman–Crippen MR) is 91.4 cm³/mol. The average molecular weight is 327 g/mol. The van der Waals surface area contributed by atoms with E-state index in [0.29, 0.717) is 5.69 Å². The number of carbonyl (C=O) groups is 2. The summed E-state index contributed by atoms with van der Waals surface area (Å²) in [4.78, 5) is 26.0. The van der Waals surface area contributed by atoms with E-state index < -0.39 is 11.8 Å². The molecule has 2 aromatic carbocycles. The average Bonchev–Trinajstić information content (AvgIpc) is 2.74. The lowest BCUT2D eigenvalue weighted by atomic mass is 10.1. The van der Waals surface area contributed by atoms with E-state index in [2.05, 4.69) is 5.32 Å². The summed E-state index contributed by atoms with van der Waals surface area (Å²) in [5.74, 6) is -0.971. The van der Waals surface area contributed by atoms with Crippen LogP contribution >= 0.6 is 11.6 Å². The Bertz CT molecular complexity index is 828. The summed E-state index contributed by atoms with van der Waals surface area (Å²) in [7, 11) is 0. The van der Waals surface area contributed by atoms with Gasteiger partial charge in [-0.1, -0.05) is 47.5 Å². The van der Waals surface area contributed by atoms with Gasteiger partial charge in [0.05, 0.1) is 5.69 Å². The van der Waals surface area contributed by atoms with Crippen molar-refractivity contribution in [2.75, 3.05) is 10.2 Å². The van der Waals surface area contributed by atoms with Crippen LogP contribution in [0.1, 0.15) is 11.1 Å². The molecule has 2 amide bonds. The molecule has 0 aromatic heterocycles. The first-order chi connectivity index (χ1) is 11.0. The van der Waals surface area contributed by atoms with E-state index >= 15 is 0 Å². The van der Waals surface area contributed by atoms with E-state index in [1.54, 1.807) is 24.3 Å². The number of amides is 2. The Hall–Kier alpha value is -2.59. The Labute approximate surface area is 139 Å². The van der Waals surface area contributed by atoms with Crippen LogP contribution in [0.3, 0.4) is 0 Å². The molecule has 4 nitrogen and oxygen atoms in total. The number of carbonyl (C=O) groups excluding carboxylic acids is 2. The van der Waals surface area contributed by atoms with Crippen molar-refractivity contribution in [1.82, 2.24) is 0 Å². The summed E-state index contributed by atoms with van der Waals surface area (Å²) in [6.45, 7) is 3.92. The zero-order chi connectivity index (χ0) is 16.6. The maximum Gasteiger partial charge on any atom is 0.283 e. The van der Waals surface area contributed by atoms with Gasteiger partial charge in [-0.2, -0.15) is 0 Å². The number of nitrogens with zero attached hydrogens (tertiary/aromatic N) is 1. The molecule has 0 bridgehead atoms. The standard InChI is InChI=1S/C18H15ClN2O2/c1-11-8-9-14(12(2)10-11)20-16-15(19)17(22)21(18(16)23)13-6-4-3-5-7-13/h3-10,20H,1-2H3. The van der Waals surface area contributed by atoms with Gasteiger partial charge in [0, 0.05) is 5.69 Å². The van der Waals surface area contributed by atoms with Crippen molar-refractivity contribution < 1.29 is 9.59 Å². The van der Waals surface area contributed by atoms with Crippen LogP contribution in [-0.2, 0) is 9.59 Å². The van der Waals surface area contributed by atoms with Gasteiger partial charge >= 0.3 is 0 Å². The quantitative estimate of drug-likeness (QED) is 0.874. The van der Waals surface area contributed by atoms with Gasteiger partial charge < -0.3 is 5.32 Å². The molecule has 23 heavy (non-hydrogen) atoms. The molecule has 1 aliphatic rings. The third kappa shape index (κ3) is 2.73. The van der Waals surface area contributed by atoms with Gasteiger partial charge in [-0.25, -0.2) is 4.90 Å². The number of nitrogens with one attached hydrogen (secondary N) is 1. The van der Waals surface area contributed by atoms with Crippen LogP contribution in [-0.4, -0.2) is 11.8 Å². The van der Waals surface area contributed by atoms with Crippen LogP contribution < -0.4 is 10.2 Å². The van der Waals surface area contributed by atoms with Crippen molar-refractivity contribution in [3.63, 3.8) is 0 Å². The SMILES string of the molecule is Cc1ccc(NC2=C(Cl)C(=O)N(c3ccccc3)C2=O)c(C)c1. The van der Waals surface area contributed by atoms with E-state index in [1.165, 1.54) is 0 Å². The number of aryl methyl sites for hydroxylation is 2. The third-order valence-electron chi connectivity index (χ3n) is 3.68. The molecule has 0 saturated carbocycles. The van der Waals surface area contributed by atoms with E-state index in [-0.39, 0.29) is 10.7 Å². The minimum Gasteiger partial charge on any atom is -0.349 e. The number of hydrogen-bond donors (Lipinski definition) is 1. The monoisotopic (exact) mass is 326 g/mol. The summed E-state index contributed by atoms with van der Waals surface area (Å²) >= 11 is 6.11. The molecule has 0 spiro atoms. The molecule has 0 saturated heterocycles. The molecule has 2 aromatic rings. The van der Waals surface area contributed by atoms with E-state index in [9.17, 15) is 9.59 Å². The van der Waals surface area contributed by atoms with E-state index in [4.69, 9.17) is 11.6 Å². The van der Waals surface area contributed by atoms with Gasteiger partial charge in [0.2, 0.25) is 0 Å². The summed E-state index contributed by atoms with van der Waals surface area (Å²) in [5.41, 5.74) is 3.44. The fraction of sp³-hybridized carbons (Fsp3) is 0.111. The topological polar surface area (TPSA) is 49.4 Å². The minimum atomic E-state index is -0.518. The van der Waals surface area contributed by atoms with Gasteiger partial charge in [-0.15, -0.1) is 0 Å². The van der Waals surface area contributed by atoms with Crippen molar-refractivity contribution >= 4 is 34.8 Å². The lowest BCUT2D eigenvalue weighted by Crippen LogP contribution is -2.32. The highest BCUT2D eigenvalue weighted by molar-refractivity contribution is 6.53. The molecule has 1 N–H and O–H groups in total. The second-order valence-corrected chi connectivity index (χ2v) is 5.79. The zero-order valence-electron chi connectivity index (χ0n) is 12.8. The van der Waals surface area contributed by atoms with E-state index in [0.717, 1.165) is 21.7 Å². The molecule has 0 fully saturated rings. The molecular formula is C18H15ClN2O2. The van der Waals surface area contributed by atoms with Gasteiger partial charge in [-0.05, 0) is 37.6 Å². The molecule has 0 unspecified atom stereocenters. The van der Waals surface area contributed by atoms with Crippen LogP contribution in [0.2, 0.25) is 0 Å². The number of anilines is 2. The molecule has 0 atom stereocenters.